The highest BCUT2D eigenvalue weighted by molar-refractivity contribution is 6.65. The fourth-order valence-corrected chi connectivity index (χ4v) is 2.42. The molecular formula is C14H14ClNO3. The number of hydrogen-bond acceptors (Lipinski definition) is 3. The average Bonchev–Trinajstić information content (AvgIpc) is 2.60. The highest BCUT2D eigenvalue weighted by Gasteiger charge is 2.42. The molecule has 0 aliphatic carbocycles. The van der Waals surface area contributed by atoms with E-state index in [4.69, 9.17) is 11.6 Å². The van der Waals surface area contributed by atoms with Crippen molar-refractivity contribution in [3.8, 4) is 0 Å². The van der Waals surface area contributed by atoms with Crippen LogP contribution in [0.4, 0.5) is 0 Å². The maximum Gasteiger partial charge on any atom is 0.262 e. The summed E-state index contributed by atoms with van der Waals surface area (Å²) in [6, 6.07) is 5.65. The fourth-order valence-electron chi connectivity index (χ4n) is 2.24. The van der Waals surface area contributed by atoms with Crippen LogP contribution >= 0.6 is 11.6 Å². The third-order valence-electron chi connectivity index (χ3n) is 3.09. The van der Waals surface area contributed by atoms with Gasteiger partial charge in [-0.05, 0) is 36.1 Å². The van der Waals surface area contributed by atoms with Gasteiger partial charge in [0.2, 0.25) is 5.24 Å². The van der Waals surface area contributed by atoms with E-state index in [0.29, 0.717) is 17.5 Å². The summed E-state index contributed by atoms with van der Waals surface area (Å²) in [4.78, 5) is 37.0. The van der Waals surface area contributed by atoms with Crippen molar-refractivity contribution in [2.24, 2.45) is 5.92 Å². The minimum absolute atomic E-state index is 0.150. The topological polar surface area (TPSA) is 54.5 Å². The van der Waals surface area contributed by atoms with Crippen LogP contribution in [0.15, 0.2) is 24.3 Å². The highest BCUT2D eigenvalue weighted by atomic mass is 35.5. The Kier molecular flexibility index (Phi) is 3.71. The summed E-state index contributed by atoms with van der Waals surface area (Å²) in [6.07, 6.45) is 0.369. The number of carbonyl (C=O) groups excluding carboxylic acids is 3. The predicted molar refractivity (Wildman–Crippen MR) is 71.0 cm³/mol. The van der Waals surface area contributed by atoms with Crippen molar-refractivity contribution in [3.63, 3.8) is 0 Å². The van der Waals surface area contributed by atoms with E-state index in [1.807, 2.05) is 13.8 Å². The van der Waals surface area contributed by atoms with Crippen molar-refractivity contribution in [1.29, 1.82) is 0 Å². The second kappa shape index (κ2) is 5.13. The molecule has 1 aliphatic rings. The molecule has 4 nitrogen and oxygen atoms in total. The first-order chi connectivity index (χ1) is 8.93. The Morgan fingerprint density at radius 3 is 2.00 bits per heavy atom. The van der Waals surface area contributed by atoms with Gasteiger partial charge in [-0.1, -0.05) is 26.0 Å². The Morgan fingerprint density at radius 1 is 1.16 bits per heavy atom. The minimum atomic E-state index is -0.894. The Balaban J connectivity index is 2.39. The molecule has 1 atom stereocenters. The number of benzene rings is 1. The van der Waals surface area contributed by atoms with Crippen molar-refractivity contribution >= 4 is 28.7 Å². The van der Waals surface area contributed by atoms with Crippen molar-refractivity contribution < 1.29 is 14.4 Å². The summed E-state index contributed by atoms with van der Waals surface area (Å²) in [5.41, 5.74) is 0.665. The van der Waals surface area contributed by atoms with Gasteiger partial charge in [0.05, 0.1) is 11.1 Å². The van der Waals surface area contributed by atoms with E-state index in [0.717, 1.165) is 4.90 Å². The lowest BCUT2D eigenvalue weighted by Gasteiger charge is -2.24. The number of fused-ring (bicyclic) bond motifs is 1. The van der Waals surface area contributed by atoms with Crippen molar-refractivity contribution in [3.05, 3.63) is 35.4 Å². The molecule has 2 amide bonds. The van der Waals surface area contributed by atoms with E-state index in [2.05, 4.69) is 0 Å². The van der Waals surface area contributed by atoms with Crippen LogP contribution in [0.3, 0.4) is 0 Å². The van der Waals surface area contributed by atoms with Gasteiger partial charge in [-0.2, -0.15) is 0 Å². The number of carbonyl (C=O) groups is 3. The van der Waals surface area contributed by atoms with Gasteiger partial charge in [-0.15, -0.1) is 0 Å². The number of amides is 2. The number of rotatable bonds is 4. The fraction of sp³-hybridized carbons (Fsp3) is 0.357. The predicted octanol–water partition coefficient (Wildman–Crippen LogP) is 2.46. The van der Waals surface area contributed by atoms with Crippen LogP contribution < -0.4 is 0 Å². The monoisotopic (exact) mass is 279 g/mol. The largest absolute Gasteiger partial charge is 0.279 e. The van der Waals surface area contributed by atoms with Gasteiger partial charge in [0.1, 0.15) is 6.04 Å². The lowest BCUT2D eigenvalue weighted by molar-refractivity contribution is -0.115. The van der Waals surface area contributed by atoms with Crippen LogP contribution in [0.25, 0.3) is 0 Å². The molecule has 0 spiro atoms. The van der Waals surface area contributed by atoms with Crippen LogP contribution in [0, 0.1) is 5.92 Å². The minimum Gasteiger partial charge on any atom is -0.279 e. The molecule has 2 rings (SSSR count). The first-order valence-corrected chi connectivity index (χ1v) is 6.47. The molecule has 100 valence electrons. The average molecular weight is 280 g/mol. The zero-order valence-corrected chi connectivity index (χ0v) is 11.5. The third kappa shape index (κ3) is 2.40. The molecular weight excluding hydrogens is 266 g/mol. The van der Waals surface area contributed by atoms with Gasteiger partial charge >= 0.3 is 0 Å². The Labute approximate surface area is 116 Å². The summed E-state index contributed by atoms with van der Waals surface area (Å²) in [6.45, 7) is 3.82. The normalized spacial score (nSPS) is 15.9. The van der Waals surface area contributed by atoms with Gasteiger partial charge in [0, 0.05) is 0 Å². The van der Waals surface area contributed by atoms with E-state index in [-0.39, 0.29) is 5.92 Å². The maximum atomic E-state index is 12.2. The summed E-state index contributed by atoms with van der Waals surface area (Å²) >= 11 is 5.56. The number of hydrogen-bond donors (Lipinski definition) is 0. The van der Waals surface area contributed by atoms with Crippen LogP contribution in [0.2, 0.25) is 0 Å². The number of halogens is 1. The second-order valence-corrected chi connectivity index (χ2v) is 5.35. The molecule has 0 aromatic heterocycles. The summed E-state index contributed by atoms with van der Waals surface area (Å²) in [5, 5.41) is -0.678. The Bertz CT molecular complexity index is 518. The van der Waals surface area contributed by atoms with Crippen LogP contribution in [-0.4, -0.2) is 28.0 Å². The molecule has 0 saturated carbocycles. The number of imide groups is 1. The summed E-state index contributed by atoms with van der Waals surface area (Å²) in [7, 11) is 0. The van der Waals surface area contributed by atoms with Crippen LogP contribution in [0.1, 0.15) is 41.0 Å². The molecule has 1 aromatic rings. The first kappa shape index (κ1) is 13.7. The highest BCUT2D eigenvalue weighted by Crippen LogP contribution is 2.27. The van der Waals surface area contributed by atoms with Gasteiger partial charge in [0.25, 0.3) is 11.8 Å². The molecule has 0 N–H and O–H groups in total. The molecule has 0 saturated heterocycles. The standard InChI is InChI=1S/C14H14ClNO3/c1-8(2)7-11(12(15)17)16-13(18)9-5-3-4-6-10(9)14(16)19/h3-6,8,11H,7H2,1-2H3. The summed E-state index contributed by atoms with van der Waals surface area (Å²) in [5.74, 6) is -0.738. The van der Waals surface area contributed by atoms with E-state index >= 15 is 0 Å². The first-order valence-electron chi connectivity index (χ1n) is 6.09. The van der Waals surface area contributed by atoms with E-state index < -0.39 is 23.1 Å². The van der Waals surface area contributed by atoms with Crippen LogP contribution in [-0.2, 0) is 4.79 Å². The van der Waals surface area contributed by atoms with Crippen molar-refractivity contribution in [2.75, 3.05) is 0 Å². The lowest BCUT2D eigenvalue weighted by atomic mass is 10.0. The van der Waals surface area contributed by atoms with E-state index in [9.17, 15) is 14.4 Å². The Morgan fingerprint density at radius 2 is 1.63 bits per heavy atom. The molecule has 0 radical (unpaired) electrons. The van der Waals surface area contributed by atoms with Crippen molar-refractivity contribution in [2.45, 2.75) is 26.3 Å². The zero-order valence-electron chi connectivity index (χ0n) is 10.7. The van der Waals surface area contributed by atoms with Gasteiger partial charge in [0.15, 0.2) is 0 Å². The van der Waals surface area contributed by atoms with Gasteiger partial charge < -0.3 is 0 Å². The lowest BCUT2D eigenvalue weighted by Crippen LogP contribution is -2.44. The molecule has 0 fully saturated rings. The molecule has 1 heterocycles. The maximum absolute atomic E-state index is 12.2. The van der Waals surface area contributed by atoms with Crippen molar-refractivity contribution in [1.82, 2.24) is 4.90 Å². The molecule has 5 heteroatoms. The summed E-state index contributed by atoms with van der Waals surface area (Å²) < 4.78 is 0. The second-order valence-electron chi connectivity index (χ2n) is 4.98. The molecule has 1 aromatic carbocycles. The van der Waals surface area contributed by atoms with Gasteiger partial charge in [-0.25, -0.2) is 0 Å². The van der Waals surface area contributed by atoms with Crippen LogP contribution in [0.5, 0.6) is 0 Å². The van der Waals surface area contributed by atoms with E-state index in [1.54, 1.807) is 24.3 Å². The molecule has 19 heavy (non-hydrogen) atoms. The molecule has 1 aliphatic heterocycles. The third-order valence-corrected chi connectivity index (χ3v) is 3.35. The zero-order chi connectivity index (χ0) is 14.2. The molecule has 0 bridgehead atoms. The quantitative estimate of drug-likeness (QED) is 0.628. The number of nitrogens with zero attached hydrogens (tertiary/aromatic N) is 1. The van der Waals surface area contributed by atoms with Gasteiger partial charge in [-0.3, -0.25) is 19.3 Å². The SMILES string of the molecule is CC(C)CC(C(=O)Cl)N1C(=O)c2ccccc2C1=O. The molecule has 1 unspecified atom stereocenters. The Hall–Kier alpha value is -1.68. The van der Waals surface area contributed by atoms with E-state index in [1.165, 1.54) is 0 Å². The smallest absolute Gasteiger partial charge is 0.262 e.